The number of nitrogen functional groups attached to an aromatic ring is 1. The maximum Gasteiger partial charge on any atom is 0.140 e. The molecular weight excluding hydrogens is 200 g/mol. The smallest absolute Gasteiger partial charge is 0.140 e. The summed E-state index contributed by atoms with van der Waals surface area (Å²) >= 11 is 0. The maximum absolute atomic E-state index is 5.90. The predicted molar refractivity (Wildman–Crippen MR) is 63.7 cm³/mol. The van der Waals surface area contributed by atoms with Crippen LogP contribution in [-0.4, -0.2) is 15.0 Å². The summed E-state index contributed by atoms with van der Waals surface area (Å²) in [5.74, 6) is 0.779. The second kappa shape index (κ2) is 3.34. The number of fused-ring (bicyclic) bond motifs is 1. The fourth-order valence-electron chi connectivity index (χ4n) is 1.70. The Labute approximate surface area is 92.2 Å². The Morgan fingerprint density at radius 3 is 2.81 bits per heavy atom. The van der Waals surface area contributed by atoms with Gasteiger partial charge in [-0.2, -0.15) is 0 Å². The van der Waals surface area contributed by atoms with E-state index in [4.69, 9.17) is 5.73 Å². The monoisotopic (exact) mass is 210 g/mol. The number of aromatic nitrogens is 3. The minimum Gasteiger partial charge on any atom is -0.398 e. The van der Waals surface area contributed by atoms with Gasteiger partial charge in [-0.3, -0.25) is 4.98 Å². The van der Waals surface area contributed by atoms with E-state index in [9.17, 15) is 0 Å². The molecule has 0 saturated heterocycles. The summed E-state index contributed by atoms with van der Waals surface area (Å²) in [6.07, 6.45) is 3.47. The minimum atomic E-state index is 0.717. The van der Waals surface area contributed by atoms with E-state index in [1.807, 2.05) is 30.3 Å². The topological polar surface area (TPSA) is 67.6 Å². The number of anilines is 1. The molecule has 0 spiro atoms. The fraction of sp³-hybridized carbons (Fsp3) is 0. The van der Waals surface area contributed by atoms with Crippen LogP contribution in [0.3, 0.4) is 0 Å². The molecule has 0 aliphatic rings. The molecule has 3 N–H and O–H groups in total. The summed E-state index contributed by atoms with van der Waals surface area (Å²) < 4.78 is 0. The molecule has 0 amide bonds. The molecule has 3 rings (SSSR count). The van der Waals surface area contributed by atoms with Gasteiger partial charge in [0.1, 0.15) is 11.3 Å². The first-order valence-corrected chi connectivity index (χ1v) is 4.99. The van der Waals surface area contributed by atoms with Crippen molar-refractivity contribution in [3.63, 3.8) is 0 Å². The molecule has 3 aromatic rings. The quantitative estimate of drug-likeness (QED) is 0.605. The average molecular weight is 210 g/mol. The van der Waals surface area contributed by atoms with Crippen LogP contribution in [0, 0.1) is 0 Å². The summed E-state index contributed by atoms with van der Waals surface area (Å²) in [6, 6.07) is 9.55. The van der Waals surface area contributed by atoms with Crippen LogP contribution in [0.25, 0.3) is 22.4 Å². The summed E-state index contributed by atoms with van der Waals surface area (Å²) in [5.41, 5.74) is 9.35. The first kappa shape index (κ1) is 8.91. The Bertz CT molecular complexity index is 609. The lowest BCUT2D eigenvalue weighted by Crippen LogP contribution is -1.90. The number of aromatic amines is 1. The van der Waals surface area contributed by atoms with Crippen molar-refractivity contribution in [2.24, 2.45) is 0 Å². The predicted octanol–water partition coefficient (Wildman–Crippen LogP) is 2.21. The number of pyridine rings is 1. The molecule has 2 aromatic heterocycles. The van der Waals surface area contributed by atoms with Crippen molar-refractivity contribution in [3.8, 4) is 11.4 Å². The van der Waals surface area contributed by atoms with Gasteiger partial charge in [0.05, 0.1) is 11.7 Å². The van der Waals surface area contributed by atoms with Crippen LogP contribution in [0.5, 0.6) is 0 Å². The Balaban J connectivity index is 2.23. The van der Waals surface area contributed by atoms with Gasteiger partial charge in [0.25, 0.3) is 0 Å². The molecule has 0 fully saturated rings. The highest BCUT2D eigenvalue weighted by Gasteiger charge is 2.06. The van der Waals surface area contributed by atoms with Gasteiger partial charge in [-0.25, -0.2) is 4.98 Å². The van der Waals surface area contributed by atoms with Crippen LogP contribution in [-0.2, 0) is 0 Å². The van der Waals surface area contributed by atoms with Crippen molar-refractivity contribution in [2.75, 3.05) is 5.73 Å². The molecule has 1 aromatic carbocycles. The Kier molecular flexibility index (Phi) is 1.86. The van der Waals surface area contributed by atoms with Crippen LogP contribution in [0.1, 0.15) is 0 Å². The Hall–Kier alpha value is -2.36. The van der Waals surface area contributed by atoms with E-state index in [1.165, 1.54) is 0 Å². The highest BCUT2D eigenvalue weighted by atomic mass is 14.9. The molecule has 0 saturated carbocycles. The molecule has 0 aliphatic heterocycles. The average Bonchev–Trinajstić information content (AvgIpc) is 2.73. The lowest BCUT2D eigenvalue weighted by Gasteiger charge is -2.00. The van der Waals surface area contributed by atoms with E-state index < -0.39 is 0 Å². The number of H-pyrrole nitrogens is 1. The first-order valence-electron chi connectivity index (χ1n) is 4.99. The van der Waals surface area contributed by atoms with Gasteiger partial charge < -0.3 is 10.7 Å². The molecule has 0 unspecified atom stereocenters. The van der Waals surface area contributed by atoms with Crippen LogP contribution >= 0.6 is 0 Å². The highest BCUT2D eigenvalue weighted by molar-refractivity contribution is 5.81. The first-order chi connectivity index (χ1) is 7.84. The van der Waals surface area contributed by atoms with Gasteiger partial charge in [0.2, 0.25) is 0 Å². The standard InChI is InChI=1S/C12H10N4/c13-9-4-2-1-3-8(9)12-15-10-5-6-14-7-11(10)16-12/h1-7H,13H2,(H,15,16). The summed E-state index contributed by atoms with van der Waals surface area (Å²) in [6.45, 7) is 0. The number of nitrogens with zero attached hydrogens (tertiary/aromatic N) is 2. The van der Waals surface area contributed by atoms with Gasteiger partial charge in [-0.1, -0.05) is 12.1 Å². The lowest BCUT2D eigenvalue weighted by atomic mass is 10.2. The number of rotatable bonds is 1. The van der Waals surface area contributed by atoms with Crippen molar-refractivity contribution in [1.82, 2.24) is 15.0 Å². The number of benzene rings is 1. The molecule has 0 bridgehead atoms. The molecule has 2 heterocycles. The second-order valence-electron chi connectivity index (χ2n) is 3.57. The minimum absolute atomic E-state index is 0.717. The van der Waals surface area contributed by atoms with E-state index in [0.29, 0.717) is 0 Å². The third kappa shape index (κ3) is 1.32. The number of nitrogens with two attached hydrogens (primary N) is 1. The normalized spacial score (nSPS) is 10.8. The number of nitrogens with one attached hydrogen (secondary N) is 1. The maximum atomic E-state index is 5.90. The molecule has 0 radical (unpaired) electrons. The number of hydrogen-bond donors (Lipinski definition) is 2. The Morgan fingerprint density at radius 1 is 1.12 bits per heavy atom. The zero-order valence-electron chi connectivity index (χ0n) is 8.51. The molecule has 4 nitrogen and oxygen atoms in total. The Morgan fingerprint density at radius 2 is 2.00 bits per heavy atom. The van der Waals surface area contributed by atoms with Crippen molar-refractivity contribution < 1.29 is 0 Å². The second-order valence-corrected chi connectivity index (χ2v) is 3.57. The van der Waals surface area contributed by atoms with E-state index >= 15 is 0 Å². The van der Waals surface area contributed by atoms with Crippen LogP contribution in [0.2, 0.25) is 0 Å². The molecule has 16 heavy (non-hydrogen) atoms. The molecule has 78 valence electrons. The molecule has 0 atom stereocenters. The number of para-hydroxylation sites is 1. The molecule has 0 aliphatic carbocycles. The molecule has 4 heteroatoms. The fourth-order valence-corrected chi connectivity index (χ4v) is 1.70. The van der Waals surface area contributed by atoms with Crippen molar-refractivity contribution >= 4 is 16.7 Å². The highest BCUT2D eigenvalue weighted by Crippen LogP contribution is 2.24. The van der Waals surface area contributed by atoms with E-state index in [0.717, 1.165) is 28.1 Å². The van der Waals surface area contributed by atoms with Gasteiger partial charge in [0, 0.05) is 17.4 Å². The van der Waals surface area contributed by atoms with Crippen molar-refractivity contribution in [3.05, 3.63) is 42.7 Å². The number of hydrogen-bond acceptors (Lipinski definition) is 3. The van der Waals surface area contributed by atoms with Crippen LogP contribution in [0.15, 0.2) is 42.7 Å². The third-order valence-corrected chi connectivity index (χ3v) is 2.50. The van der Waals surface area contributed by atoms with Gasteiger partial charge in [-0.05, 0) is 18.2 Å². The van der Waals surface area contributed by atoms with Crippen molar-refractivity contribution in [2.45, 2.75) is 0 Å². The summed E-state index contributed by atoms with van der Waals surface area (Å²) in [5, 5.41) is 0. The van der Waals surface area contributed by atoms with E-state index in [2.05, 4.69) is 15.0 Å². The third-order valence-electron chi connectivity index (χ3n) is 2.50. The summed E-state index contributed by atoms with van der Waals surface area (Å²) in [7, 11) is 0. The van der Waals surface area contributed by atoms with Gasteiger partial charge in [0.15, 0.2) is 0 Å². The van der Waals surface area contributed by atoms with Gasteiger partial charge in [-0.15, -0.1) is 0 Å². The van der Waals surface area contributed by atoms with E-state index in [1.54, 1.807) is 12.4 Å². The van der Waals surface area contributed by atoms with E-state index in [-0.39, 0.29) is 0 Å². The zero-order valence-corrected chi connectivity index (χ0v) is 8.51. The van der Waals surface area contributed by atoms with Crippen molar-refractivity contribution in [1.29, 1.82) is 0 Å². The van der Waals surface area contributed by atoms with Crippen LogP contribution < -0.4 is 5.73 Å². The summed E-state index contributed by atoms with van der Waals surface area (Å²) in [4.78, 5) is 11.7. The molecular formula is C12H10N4. The SMILES string of the molecule is Nc1ccccc1-c1nc2cnccc2[nH]1. The van der Waals surface area contributed by atoms with Crippen LogP contribution in [0.4, 0.5) is 5.69 Å². The number of imidazole rings is 1. The lowest BCUT2D eigenvalue weighted by molar-refractivity contribution is 1.33. The largest absolute Gasteiger partial charge is 0.398 e. The van der Waals surface area contributed by atoms with Gasteiger partial charge >= 0.3 is 0 Å². The zero-order chi connectivity index (χ0) is 11.0.